The number of carbonyl (C=O) groups is 1. The molecular formula is C14H19FN2O2. The van der Waals surface area contributed by atoms with Crippen LogP contribution in [0, 0.1) is 11.7 Å². The fourth-order valence-corrected chi connectivity index (χ4v) is 2.34. The molecule has 1 saturated heterocycles. The second kappa shape index (κ2) is 6.02. The minimum Gasteiger partial charge on any atom is -0.497 e. The Labute approximate surface area is 112 Å². The third kappa shape index (κ3) is 3.04. The van der Waals surface area contributed by atoms with Crippen molar-refractivity contribution in [3.8, 4) is 5.75 Å². The second-order valence-electron chi connectivity index (χ2n) is 4.82. The first-order chi connectivity index (χ1) is 9.15. The number of likely N-dealkylation sites (tertiary alicyclic amines) is 1. The second-order valence-corrected chi connectivity index (χ2v) is 4.82. The number of hydrogen-bond acceptors (Lipinski definition) is 3. The molecule has 1 aliphatic rings. The normalized spacial score (nSPS) is 16.5. The SMILES string of the molecule is COc1ccc(C(=O)N2CCC(CN)CC2)c(F)c1. The number of nitrogens with two attached hydrogens (primary N) is 1. The Bertz CT molecular complexity index is 457. The maximum Gasteiger partial charge on any atom is 0.256 e. The van der Waals surface area contributed by atoms with Crippen molar-refractivity contribution in [3.05, 3.63) is 29.6 Å². The minimum atomic E-state index is -0.537. The van der Waals surface area contributed by atoms with Crippen molar-refractivity contribution in [2.45, 2.75) is 12.8 Å². The Morgan fingerprint density at radius 1 is 1.47 bits per heavy atom. The van der Waals surface area contributed by atoms with E-state index in [1.807, 2.05) is 0 Å². The highest BCUT2D eigenvalue weighted by molar-refractivity contribution is 5.94. The zero-order valence-corrected chi connectivity index (χ0v) is 11.1. The van der Waals surface area contributed by atoms with Gasteiger partial charge in [-0.2, -0.15) is 0 Å². The predicted octanol–water partition coefficient (Wildman–Crippen LogP) is 1.65. The standard InChI is InChI=1S/C14H19FN2O2/c1-19-11-2-3-12(13(15)8-11)14(18)17-6-4-10(9-16)5-7-17/h2-3,8,10H,4-7,9,16H2,1H3. The van der Waals surface area contributed by atoms with E-state index in [1.54, 1.807) is 11.0 Å². The van der Waals surface area contributed by atoms with Gasteiger partial charge in [0.2, 0.25) is 0 Å². The van der Waals surface area contributed by atoms with Crippen LogP contribution < -0.4 is 10.5 Å². The van der Waals surface area contributed by atoms with Crippen molar-refractivity contribution in [1.29, 1.82) is 0 Å². The van der Waals surface area contributed by atoms with Crippen molar-refractivity contribution in [1.82, 2.24) is 4.90 Å². The van der Waals surface area contributed by atoms with E-state index in [-0.39, 0.29) is 11.5 Å². The summed E-state index contributed by atoms with van der Waals surface area (Å²) in [5, 5.41) is 0. The summed E-state index contributed by atoms with van der Waals surface area (Å²) in [6, 6.07) is 4.31. The fraction of sp³-hybridized carbons (Fsp3) is 0.500. The molecule has 0 aromatic heterocycles. The number of halogens is 1. The number of rotatable bonds is 3. The van der Waals surface area contributed by atoms with Crippen LogP contribution in [-0.2, 0) is 0 Å². The minimum absolute atomic E-state index is 0.104. The van der Waals surface area contributed by atoms with Crippen molar-refractivity contribution < 1.29 is 13.9 Å². The van der Waals surface area contributed by atoms with E-state index in [1.165, 1.54) is 19.2 Å². The molecule has 2 N–H and O–H groups in total. The molecule has 4 nitrogen and oxygen atoms in total. The molecule has 1 aliphatic heterocycles. The van der Waals surface area contributed by atoms with Gasteiger partial charge in [-0.25, -0.2) is 4.39 Å². The van der Waals surface area contributed by atoms with Crippen molar-refractivity contribution in [2.75, 3.05) is 26.7 Å². The van der Waals surface area contributed by atoms with Gasteiger partial charge in [-0.3, -0.25) is 4.79 Å². The lowest BCUT2D eigenvalue weighted by molar-refractivity contribution is 0.0688. The number of hydrogen-bond donors (Lipinski definition) is 1. The number of ether oxygens (including phenoxy) is 1. The molecule has 104 valence electrons. The highest BCUT2D eigenvalue weighted by Crippen LogP contribution is 2.21. The van der Waals surface area contributed by atoms with Crippen molar-refractivity contribution in [2.24, 2.45) is 11.7 Å². The van der Waals surface area contributed by atoms with Gasteiger partial charge in [-0.05, 0) is 37.4 Å². The Hall–Kier alpha value is -1.62. The zero-order valence-electron chi connectivity index (χ0n) is 11.1. The van der Waals surface area contributed by atoms with Crippen LogP contribution in [0.3, 0.4) is 0 Å². The van der Waals surface area contributed by atoms with Gasteiger partial charge in [0, 0.05) is 19.2 Å². The van der Waals surface area contributed by atoms with Crippen LogP contribution in [0.5, 0.6) is 5.75 Å². The lowest BCUT2D eigenvalue weighted by Gasteiger charge is -2.31. The van der Waals surface area contributed by atoms with E-state index in [9.17, 15) is 9.18 Å². The number of amides is 1. The summed E-state index contributed by atoms with van der Waals surface area (Å²) in [6.07, 6.45) is 1.78. The number of carbonyl (C=O) groups excluding carboxylic acids is 1. The summed E-state index contributed by atoms with van der Waals surface area (Å²) >= 11 is 0. The highest BCUT2D eigenvalue weighted by atomic mass is 19.1. The first-order valence-corrected chi connectivity index (χ1v) is 6.48. The van der Waals surface area contributed by atoms with Crippen molar-refractivity contribution in [3.63, 3.8) is 0 Å². The average Bonchev–Trinajstić information content (AvgIpc) is 2.46. The van der Waals surface area contributed by atoms with Gasteiger partial charge < -0.3 is 15.4 Å². The molecule has 5 heteroatoms. The Morgan fingerprint density at radius 2 is 2.16 bits per heavy atom. The summed E-state index contributed by atoms with van der Waals surface area (Å²) in [6.45, 7) is 1.94. The molecule has 0 saturated carbocycles. The van der Waals surface area contributed by atoms with Gasteiger partial charge in [-0.1, -0.05) is 0 Å². The third-order valence-electron chi connectivity index (χ3n) is 3.64. The van der Waals surface area contributed by atoms with E-state index in [0.717, 1.165) is 12.8 Å². The number of methoxy groups -OCH3 is 1. The molecule has 2 rings (SSSR count). The first-order valence-electron chi connectivity index (χ1n) is 6.48. The quantitative estimate of drug-likeness (QED) is 0.905. The van der Waals surface area contributed by atoms with Gasteiger partial charge in [0.1, 0.15) is 11.6 Å². The van der Waals surface area contributed by atoms with Crippen LogP contribution in [0.15, 0.2) is 18.2 Å². The highest BCUT2D eigenvalue weighted by Gasteiger charge is 2.24. The molecule has 1 amide bonds. The van der Waals surface area contributed by atoms with Crippen LogP contribution in [0.2, 0.25) is 0 Å². The Kier molecular flexibility index (Phi) is 4.37. The molecule has 1 fully saturated rings. The molecule has 0 radical (unpaired) electrons. The van der Waals surface area contributed by atoms with Gasteiger partial charge in [0.25, 0.3) is 5.91 Å². The van der Waals surface area contributed by atoms with E-state index < -0.39 is 5.82 Å². The zero-order chi connectivity index (χ0) is 13.8. The average molecular weight is 266 g/mol. The lowest BCUT2D eigenvalue weighted by atomic mass is 9.96. The summed E-state index contributed by atoms with van der Waals surface area (Å²) in [5.41, 5.74) is 5.72. The van der Waals surface area contributed by atoms with E-state index in [4.69, 9.17) is 10.5 Å². The molecular weight excluding hydrogens is 247 g/mol. The molecule has 1 aromatic rings. The number of benzene rings is 1. The first kappa shape index (κ1) is 13.8. The summed E-state index contributed by atoms with van der Waals surface area (Å²) in [7, 11) is 1.47. The van der Waals surface area contributed by atoms with Crippen LogP contribution in [0.4, 0.5) is 4.39 Å². The molecule has 1 heterocycles. The maximum atomic E-state index is 13.8. The maximum absolute atomic E-state index is 13.8. The predicted molar refractivity (Wildman–Crippen MR) is 70.6 cm³/mol. The van der Waals surface area contributed by atoms with Crippen LogP contribution in [-0.4, -0.2) is 37.6 Å². The van der Waals surface area contributed by atoms with Crippen LogP contribution >= 0.6 is 0 Å². The molecule has 0 bridgehead atoms. The fourth-order valence-electron chi connectivity index (χ4n) is 2.34. The monoisotopic (exact) mass is 266 g/mol. The van der Waals surface area contributed by atoms with Crippen molar-refractivity contribution >= 4 is 5.91 Å². The van der Waals surface area contributed by atoms with E-state index in [2.05, 4.69) is 0 Å². The molecule has 0 aliphatic carbocycles. The molecule has 0 spiro atoms. The molecule has 19 heavy (non-hydrogen) atoms. The van der Waals surface area contributed by atoms with Crippen LogP contribution in [0.1, 0.15) is 23.2 Å². The van der Waals surface area contributed by atoms with E-state index >= 15 is 0 Å². The molecule has 0 atom stereocenters. The van der Waals surface area contributed by atoms with Gasteiger partial charge >= 0.3 is 0 Å². The van der Waals surface area contributed by atoms with Gasteiger partial charge in [0.15, 0.2) is 0 Å². The molecule has 0 unspecified atom stereocenters. The summed E-state index contributed by atoms with van der Waals surface area (Å²) in [5.74, 6) is 0.0987. The summed E-state index contributed by atoms with van der Waals surface area (Å²) < 4.78 is 18.8. The largest absolute Gasteiger partial charge is 0.497 e. The molecule has 1 aromatic carbocycles. The number of piperidine rings is 1. The number of nitrogens with zero attached hydrogens (tertiary/aromatic N) is 1. The van der Waals surface area contributed by atoms with Crippen LogP contribution in [0.25, 0.3) is 0 Å². The smallest absolute Gasteiger partial charge is 0.256 e. The topological polar surface area (TPSA) is 55.6 Å². The third-order valence-corrected chi connectivity index (χ3v) is 3.64. The van der Waals surface area contributed by atoms with Gasteiger partial charge in [-0.15, -0.1) is 0 Å². The lowest BCUT2D eigenvalue weighted by Crippen LogP contribution is -2.40. The summed E-state index contributed by atoms with van der Waals surface area (Å²) in [4.78, 5) is 13.9. The van der Waals surface area contributed by atoms with E-state index in [0.29, 0.717) is 31.3 Å². The Morgan fingerprint density at radius 3 is 2.68 bits per heavy atom. The van der Waals surface area contributed by atoms with Gasteiger partial charge in [0.05, 0.1) is 12.7 Å². The Balaban J connectivity index is 2.08.